The van der Waals surface area contributed by atoms with Gasteiger partial charge in [0.25, 0.3) is 0 Å². The molecule has 0 aromatic carbocycles. The van der Waals surface area contributed by atoms with Crippen molar-refractivity contribution >= 4 is 34.1 Å². The van der Waals surface area contributed by atoms with Crippen molar-refractivity contribution in [1.82, 2.24) is 0 Å². The van der Waals surface area contributed by atoms with Crippen LogP contribution in [0.2, 0.25) is 5.54 Å². The zero-order valence-electron chi connectivity index (χ0n) is 10.6. The van der Waals surface area contributed by atoms with Gasteiger partial charge in [0.05, 0.1) is 0 Å². The second kappa shape index (κ2) is 8.83. The van der Waals surface area contributed by atoms with Crippen LogP contribution in [-0.2, 0) is 13.3 Å². The molecule has 0 rings (SSSR count). The zero-order chi connectivity index (χ0) is 12.6. The molecule has 0 saturated heterocycles. The topological polar surface area (TPSA) is 27.7 Å². The van der Waals surface area contributed by atoms with Crippen molar-refractivity contribution in [1.29, 1.82) is 0 Å². The van der Waals surface area contributed by atoms with Crippen molar-refractivity contribution in [2.45, 2.75) is 44.2 Å². The first-order chi connectivity index (χ1) is 7.52. The summed E-state index contributed by atoms with van der Waals surface area (Å²) in [5.41, 5.74) is 0.215. The Kier molecular flexibility index (Phi) is 9.26. The van der Waals surface area contributed by atoms with E-state index in [1.807, 2.05) is 20.8 Å². The van der Waals surface area contributed by atoms with Gasteiger partial charge in [0.2, 0.25) is 0 Å². The average molecular weight is 285 g/mol. The quantitative estimate of drug-likeness (QED) is 0.387. The smallest absolute Gasteiger partial charge is 0.374 e. The highest BCUT2D eigenvalue weighted by Crippen LogP contribution is 2.31. The summed E-state index contributed by atoms with van der Waals surface area (Å²) in [6.45, 7) is 9.82. The van der Waals surface area contributed by atoms with E-state index < -0.39 is 8.80 Å². The summed E-state index contributed by atoms with van der Waals surface area (Å²) < 4.78 is 17.4. The first-order valence-corrected chi connectivity index (χ1v) is 8.63. The third-order valence-electron chi connectivity index (χ3n) is 2.20. The van der Waals surface area contributed by atoms with Gasteiger partial charge in [-0.1, -0.05) is 6.92 Å². The molecule has 0 aliphatic heterocycles. The minimum absolute atomic E-state index is 0.0308. The molecule has 0 N–H and O–H groups in total. The molecule has 0 saturated carbocycles. The van der Waals surface area contributed by atoms with Crippen LogP contribution in [0.15, 0.2) is 0 Å². The molecule has 0 aliphatic rings. The lowest BCUT2D eigenvalue weighted by Crippen LogP contribution is -2.50. The van der Waals surface area contributed by atoms with E-state index in [1.54, 1.807) is 0 Å². The fourth-order valence-corrected chi connectivity index (χ4v) is 5.48. The lowest BCUT2D eigenvalue weighted by molar-refractivity contribution is 0.0620. The van der Waals surface area contributed by atoms with Gasteiger partial charge in [-0.25, -0.2) is 0 Å². The van der Waals surface area contributed by atoms with E-state index in [4.69, 9.17) is 13.3 Å². The third-order valence-corrected chi connectivity index (χ3v) is 6.14. The SMILES string of the molecule is CCO[Si](OCC)(OCC)C(C)CC(S)S. The zero-order valence-corrected chi connectivity index (χ0v) is 13.4. The summed E-state index contributed by atoms with van der Waals surface area (Å²) in [7, 11) is -2.56. The fourth-order valence-electron chi connectivity index (χ4n) is 1.62. The molecule has 0 amide bonds. The van der Waals surface area contributed by atoms with Crippen molar-refractivity contribution in [3.05, 3.63) is 0 Å². The van der Waals surface area contributed by atoms with Crippen LogP contribution in [0.4, 0.5) is 0 Å². The van der Waals surface area contributed by atoms with Gasteiger partial charge in [0.1, 0.15) is 0 Å². The standard InChI is InChI=1S/C10H24O3S2Si/c1-5-11-16(12-6-2,13-7-3)9(4)8-10(14)15/h9-10,14-15H,5-8H2,1-4H3. The minimum atomic E-state index is -2.56. The van der Waals surface area contributed by atoms with Crippen LogP contribution < -0.4 is 0 Å². The Bertz CT molecular complexity index is 164. The molecule has 0 heterocycles. The van der Waals surface area contributed by atoms with Gasteiger partial charge >= 0.3 is 8.80 Å². The molecule has 3 nitrogen and oxygen atoms in total. The van der Waals surface area contributed by atoms with Gasteiger partial charge in [-0.3, -0.25) is 0 Å². The lowest BCUT2D eigenvalue weighted by Gasteiger charge is -2.33. The second-order valence-electron chi connectivity index (χ2n) is 3.52. The first-order valence-electron chi connectivity index (χ1n) is 5.80. The molecule has 0 aromatic heterocycles. The van der Waals surface area contributed by atoms with Crippen molar-refractivity contribution < 1.29 is 13.3 Å². The van der Waals surface area contributed by atoms with Crippen LogP contribution in [0.5, 0.6) is 0 Å². The first kappa shape index (κ1) is 16.8. The minimum Gasteiger partial charge on any atom is -0.374 e. The van der Waals surface area contributed by atoms with Crippen LogP contribution in [0, 0.1) is 0 Å². The predicted molar refractivity (Wildman–Crippen MR) is 76.4 cm³/mol. The molecule has 0 aromatic rings. The maximum atomic E-state index is 5.80. The number of hydrogen-bond donors (Lipinski definition) is 2. The molecule has 6 heteroatoms. The molecular weight excluding hydrogens is 260 g/mol. The molecular formula is C10H24O3S2Si. The van der Waals surface area contributed by atoms with E-state index in [2.05, 4.69) is 32.2 Å². The van der Waals surface area contributed by atoms with E-state index in [9.17, 15) is 0 Å². The van der Waals surface area contributed by atoms with Crippen LogP contribution in [0.3, 0.4) is 0 Å². The Morgan fingerprint density at radius 2 is 1.31 bits per heavy atom. The molecule has 0 fully saturated rings. The van der Waals surface area contributed by atoms with E-state index in [-0.39, 0.29) is 10.1 Å². The maximum absolute atomic E-state index is 5.80. The lowest BCUT2D eigenvalue weighted by atomic mass is 10.4. The Labute approximate surface area is 111 Å². The Morgan fingerprint density at radius 3 is 1.56 bits per heavy atom. The molecule has 0 aliphatic carbocycles. The summed E-state index contributed by atoms with van der Waals surface area (Å²) >= 11 is 8.59. The maximum Gasteiger partial charge on any atom is 0.503 e. The average Bonchev–Trinajstić information content (AvgIpc) is 2.17. The molecule has 1 unspecified atom stereocenters. The van der Waals surface area contributed by atoms with Crippen molar-refractivity contribution in [3.8, 4) is 0 Å². The van der Waals surface area contributed by atoms with Gasteiger partial charge in [-0.2, -0.15) is 25.3 Å². The highest BCUT2D eigenvalue weighted by Gasteiger charge is 2.46. The number of rotatable bonds is 9. The van der Waals surface area contributed by atoms with Gasteiger partial charge in [0.15, 0.2) is 0 Å². The fraction of sp³-hybridized carbons (Fsp3) is 1.00. The van der Waals surface area contributed by atoms with Crippen molar-refractivity contribution in [2.24, 2.45) is 0 Å². The van der Waals surface area contributed by atoms with Gasteiger partial charge in [0, 0.05) is 29.9 Å². The Morgan fingerprint density at radius 1 is 0.938 bits per heavy atom. The molecule has 16 heavy (non-hydrogen) atoms. The molecule has 0 spiro atoms. The van der Waals surface area contributed by atoms with E-state index in [0.717, 1.165) is 6.42 Å². The van der Waals surface area contributed by atoms with E-state index in [1.165, 1.54) is 0 Å². The Balaban J connectivity index is 4.68. The monoisotopic (exact) mass is 284 g/mol. The summed E-state index contributed by atoms with van der Waals surface area (Å²) in [4.78, 5) is 0. The highest BCUT2D eigenvalue weighted by molar-refractivity contribution is 7.99. The Hall–Kier alpha value is 0.797. The van der Waals surface area contributed by atoms with Gasteiger partial charge in [-0.05, 0) is 27.2 Å². The van der Waals surface area contributed by atoms with Crippen molar-refractivity contribution in [3.63, 3.8) is 0 Å². The predicted octanol–water partition coefficient (Wildman–Crippen LogP) is 3.00. The summed E-state index contributed by atoms with van der Waals surface area (Å²) in [6.07, 6.45) is 0.818. The van der Waals surface area contributed by atoms with Gasteiger partial charge in [-0.15, -0.1) is 0 Å². The molecule has 0 radical (unpaired) electrons. The number of thiol groups is 2. The van der Waals surface area contributed by atoms with Crippen LogP contribution in [0.1, 0.15) is 34.1 Å². The van der Waals surface area contributed by atoms with E-state index >= 15 is 0 Å². The molecule has 1 atom stereocenters. The summed E-state index contributed by atoms with van der Waals surface area (Å²) in [5.74, 6) is 0. The molecule has 0 bridgehead atoms. The summed E-state index contributed by atoms with van der Waals surface area (Å²) in [6, 6.07) is 0. The van der Waals surface area contributed by atoms with Crippen LogP contribution >= 0.6 is 25.3 Å². The number of hydrogen-bond acceptors (Lipinski definition) is 5. The van der Waals surface area contributed by atoms with Gasteiger partial charge < -0.3 is 13.3 Å². The van der Waals surface area contributed by atoms with E-state index in [0.29, 0.717) is 19.8 Å². The third kappa shape index (κ3) is 5.42. The summed E-state index contributed by atoms with van der Waals surface area (Å²) in [5, 5.41) is 0. The largest absolute Gasteiger partial charge is 0.503 e. The normalized spacial score (nSPS) is 14.4. The second-order valence-corrected chi connectivity index (χ2v) is 8.23. The molecule has 98 valence electrons. The van der Waals surface area contributed by atoms with Crippen LogP contribution in [0.25, 0.3) is 0 Å². The van der Waals surface area contributed by atoms with Crippen molar-refractivity contribution in [2.75, 3.05) is 19.8 Å². The van der Waals surface area contributed by atoms with Crippen LogP contribution in [-0.4, -0.2) is 33.2 Å². The highest BCUT2D eigenvalue weighted by atomic mass is 32.2.